The van der Waals surface area contributed by atoms with Crippen molar-refractivity contribution < 1.29 is 84.7 Å². The maximum absolute atomic E-state index is 10.8. The molecule has 2 N–H and O–H groups in total. The van der Waals surface area contributed by atoms with Gasteiger partial charge in [0.2, 0.25) is 0 Å². The van der Waals surface area contributed by atoms with E-state index in [1.807, 2.05) is 41.5 Å². The number of carbonyl (C=O) groups excluding carboxylic acids is 1. The minimum atomic E-state index is -2.87. The Balaban J connectivity index is -0.0000000834. The third-order valence-electron chi connectivity index (χ3n) is 4.52. The van der Waals surface area contributed by atoms with Gasteiger partial charge in [-0.1, -0.05) is 68.1 Å². The predicted molar refractivity (Wildman–Crippen MR) is 109 cm³/mol. The Kier molecular flexibility index (Phi) is 24.7. The molecular formula is C19H43O4PY2. The van der Waals surface area contributed by atoms with E-state index in [2.05, 4.69) is 38.7 Å². The molecule has 2 radical (unpaired) electrons. The molecule has 0 aliphatic heterocycles. The van der Waals surface area contributed by atoms with E-state index < -0.39 is 12.5 Å². The van der Waals surface area contributed by atoms with Crippen molar-refractivity contribution in [3.8, 4) is 0 Å². The largest absolute Gasteiger partial charge is 0.469 e. The number of carbonyl (C=O) groups is 1. The van der Waals surface area contributed by atoms with Gasteiger partial charge in [0.05, 0.1) is 12.5 Å². The molecule has 0 aromatic heterocycles. The molecule has 0 aromatic carbocycles. The Bertz CT molecular complexity index is 397. The maximum atomic E-state index is 10.8. The number of ether oxygens (including phenoxy) is 1. The molecule has 7 heteroatoms. The van der Waals surface area contributed by atoms with Crippen LogP contribution in [0.15, 0.2) is 0 Å². The summed E-state index contributed by atoms with van der Waals surface area (Å²) in [6, 6.07) is 0. The fourth-order valence-electron chi connectivity index (χ4n) is 0.674. The SMILES string of the molecule is C=P(O)(O)C(C)(C)CC.CCC(C)(C)C.CCC(C)(C)C(=O)OC.[Y].[Y]. The third kappa shape index (κ3) is 20.6. The zero-order chi connectivity index (χ0) is 20.4. The van der Waals surface area contributed by atoms with Crippen LogP contribution in [0.5, 0.6) is 0 Å². The Morgan fingerprint density at radius 3 is 1.23 bits per heavy atom. The van der Waals surface area contributed by atoms with E-state index in [-0.39, 0.29) is 76.8 Å². The predicted octanol–water partition coefficient (Wildman–Crippen LogP) is 5.47. The number of hydrogen-bond donors (Lipinski definition) is 2. The topological polar surface area (TPSA) is 66.8 Å². The Morgan fingerprint density at radius 1 is 0.885 bits per heavy atom. The monoisotopic (exact) mass is 544 g/mol. The van der Waals surface area contributed by atoms with Gasteiger partial charge in [-0.3, -0.25) is 4.79 Å². The van der Waals surface area contributed by atoms with E-state index in [0.29, 0.717) is 5.41 Å². The van der Waals surface area contributed by atoms with Gasteiger partial charge in [0.25, 0.3) is 0 Å². The molecule has 0 aliphatic rings. The zero-order valence-electron chi connectivity index (χ0n) is 19.1. The summed E-state index contributed by atoms with van der Waals surface area (Å²) in [5, 5.41) is -0.410. The van der Waals surface area contributed by atoms with Gasteiger partial charge in [-0.2, -0.15) is 0 Å². The zero-order valence-corrected chi connectivity index (χ0v) is 25.7. The summed E-state index contributed by atoms with van der Waals surface area (Å²) < 4.78 is 4.57. The van der Waals surface area contributed by atoms with Crippen molar-refractivity contribution in [2.24, 2.45) is 10.8 Å². The van der Waals surface area contributed by atoms with Crippen molar-refractivity contribution in [1.29, 1.82) is 0 Å². The smallest absolute Gasteiger partial charge is 0.311 e. The average molecular weight is 544 g/mol. The van der Waals surface area contributed by atoms with Crippen LogP contribution >= 0.6 is 7.34 Å². The number of methoxy groups -OCH3 is 1. The van der Waals surface area contributed by atoms with Crippen molar-refractivity contribution in [1.82, 2.24) is 0 Å². The van der Waals surface area contributed by atoms with E-state index in [0.717, 1.165) is 12.8 Å². The van der Waals surface area contributed by atoms with Crippen molar-refractivity contribution in [2.75, 3.05) is 7.11 Å². The summed E-state index contributed by atoms with van der Waals surface area (Å²) in [5.74, 6) is -0.134. The number of esters is 1. The fourth-order valence-corrected chi connectivity index (χ4v) is 1.18. The molecule has 0 amide bonds. The van der Waals surface area contributed by atoms with Crippen LogP contribution in [0.4, 0.5) is 0 Å². The van der Waals surface area contributed by atoms with Crippen LogP contribution in [-0.2, 0) is 74.9 Å². The second-order valence-electron chi connectivity index (χ2n) is 8.54. The van der Waals surface area contributed by atoms with Crippen LogP contribution in [-0.4, -0.2) is 34.3 Å². The van der Waals surface area contributed by atoms with Crippen LogP contribution in [0.3, 0.4) is 0 Å². The van der Waals surface area contributed by atoms with Crippen LogP contribution in [0.1, 0.15) is 88.5 Å². The quantitative estimate of drug-likeness (QED) is 0.364. The van der Waals surface area contributed by atoms with Crippen molar-refractivity contribution in [2.45, 2.75) is 93.7 Å². The second kappa shape index (κ2) is 16.7. The summed E-state index contributed by atoms with van der Waals surface area (Å²) in [7, 11) is -1.45. The molecule has 0 atom stereocenters. The molecule has 0 aliphatic carbocycles. The standard InChI is InChI=1S/C7H14O2.C6H15O2P.C6H14.2Y/c1-5-7(2,3)6(8)9-4;1-5-6(2,3)9(4,7)8;1-5-6(2,3)4;;/h5H2,1-4H3;7-8H,4-5H2,1-3H3;5H2,1-4H3;;. The van der Waals surface area contributed by atoms with Gasteiger partial charge in [0.1, 0.15) is 7.34 Å². The van der Waals surface area contributed by atoms with Crippen molar-refractivity contribution in [3.05, 3.63) is 0 Å². The van der Waals surface area contributed by atoms with E-state index in [1.54, 1.807) is 0 Å². The Labute approximate surface area is 213 Å². The van der Waals surface area contributed by atoms with Gasteiger partial charge < -0.3 is 14.5 Å². The van der Waals surface area contributed by atoms with E-state index >= 15 is 0 Å². The molecule has 4 nitrogen and oxygen atoms in total. The van der Waals surface area contributed by atoms with Crippen LogP contribution in [0.25, 0.3) is 0 Å². The van der Waals surface area contributed by atoms with Crippen LogP contribution in [0, 0.1) is 10.8 Å². The number of rotatable bonds is 4. The maximum Gasteiger partial charge on any atom is 0.311 e. The first-order valence-corrected chi connectivity index (χ1v) is 10.6. The molecule has 154 valence electrons. The summed E-state index contributed by atoms with van der Waals surface area (Å²) in [6.45, 7) is 20.2. The molecule has 0 saturated heterocycles. The van der Waals surface area contributed by atoms with Gasteiger partial charge in [-0.15, -0.1) is 0 Å². The molecule has 0 heterocycles. The molecule has 0 bridgehead atoms. The summed E-state index contributed by atoms with van der Waals surface area (Å²) >= 11 is 0. The van der Waals surface area contributed by atoms with Gasteiger partial charge in [0.15, 0.2) is 0 Å². The van der Waals surface area contributed by atoms with E-state index in [1.165, 1.54) is 13.5 Å². The first-order chi connectivity index (χ1) is 10.4. The van der Waals surface area contributed by atoms with Gasteiger partial charge >= 0.3 is 5.97 Å². The molecule has 0 spiro atoms. The third-order valence-corrected chi connectivity index (χ3v) is 6.77. The van der Waals surface area contributed by atoms with E-state index in [4.69, 9.17) is 9.79 Å². The second-order valence-corrected chi connectivity index (χ2v) is 11.2. The molecule has 0 unspecified atom stereocenters. The molecule has 0 aromatic rings. The first kappa shape index (κ1) is 38.5. The minimum Gasteiger partial charge on any atom is -0.469 e. The van der Waals surface area contributed by atoms with Crippen LogP contribution in [0.2, 0.25) is 0 Å². The average Bonchev–Trinajstić information content (AvgIpc) is 2.45. The Hall–Kier alpha value is 1.90. The van der Waals surface area contributed by atoms with Crippen molar-refractivity contribution >= 4 is 19.6 Å². The van der Waals surface area contributed by atoms with Gasteiger partial charge in [0, 0.05) is 70.6 Å². The van der Waals surface area contributed by atoms with E-state index in [9.17, 15) is 4.79 Å². The molecule has 0 rings (SSSR count). The Morgan fingerprint density at radius 2 is 1.19 bits per heavy atom. The molecular weight excluding hydrogens is 501 g/mol. The van der Waals surface area contributed by atoms with Gasteiger partial charge in [-0.25, -0.2) is 0 Å². The van der Waals surface area contributed by atoms with Crippen molar-refractivity contribution in [3.63, 3.8) is 0 Å². The summed E-state index contributed by atoms with van der Waals surface area (Å²) in [4.78, 5) is 29.0. The summed E-state index contributed by atoms with van der Waals surface area (Å²) in [5.41, 5.74) is 0.231. The van der Waals surface area contributed by atoms with Gasteiger partial charge in [-0.05, 0) is 32.1 Å². The summed E-state index contributed by atoms with van der Waals surface area (Å²) in [6.07, 6.45) is 6.17. The molecule has 0 fully saturated rings. The molecule has 0 saturated carbocycles. The van der Waals surface area contributed by atoms with Crippen LogP contribution < -0.4 is 0 Å². The first-order valence-electron chi connectivity index (χ1n) is 8.69. The normalized spacial score (nSPS) is 11.4. The number of hydrogen-bond acceptors (Lipinski definition) is 4. The fraction of sp³-hybridized carbons (Fsp3) is 0.895. The molecule has 26 heavy (non-hydrogen) atoms. The minimum absolute atomic E-state index is 0.